The predicted molar refractivity (Wildman–Crippen MR) is 146 cm³/mol. The number of amides is 1. The SMILES string of the molecule is Cc1ccc(S(=O)(=O)N(CC(=O)N/N=C\c2c(Cl)nn(-c3ccccc3)c2C)c2cccc(Cl)c2)cc1. The van der Waals surface area contributed by atoms with Crippen LogP contribution in [0.15, 0.2) is 88.9 Å². The van der Waals surface area contributed by atoms with Gasteiger partial charge in [-0.3, -0.25) is 9.10 Å². The first-order valence-corrected chi connectivity index (χ1v) is 13.3. The minimum atomic E-state index is -4.07. The van der Waals surface area contributed by atoms with Crippen LogP contribution in [0.3, 0.4) is 0 Å². The molecular formula is C26H23Cl2N5O3S. The third-order valence-electron chi connectivity index (χ3n) is 5.49. The zero-order valence-electron chi connectivity index (χ0n) is 20.0. The highest BCUT2D eigenvalue weighted by Gasteiger charge is 2.27. The largest absolute Gasteiger partial charge is 0.271 e. The van der Waals surface area contributed by atoms with Gasteiger partial charge in [0.2, 0.25) is 0 Å². The van der Waals surface area contributed by atoms with Crippen molar-refractivity contribution < 1.29 is 13.2 Å². The summed E-state index contributed by atoms with van der Waals surface area (Å²) in [5, 5.41) is 8.86. The number of anilines is 1. The Labute approximate surface area is 225 Å². The van der Waals surface area contributed by atoms with Gasteiger partial charge in [-0.1, -0.05) is 65.2 Å². The molecule has 37 heavy (non-hydrogen) atoms. The molecule has 0 atom stereocenters. The Bertz CT molecular complexity index is 1550. The molecule has 1 amide bonds. The lowest BCUT2D eigenvalue weighted by Crippen LogP contribution is -2.39. The minimum absolute atomic E-state index is 0.0464. The van der Waals surface area contributed by atoms with E-state index < -0.39 is 22.5 Å². The number of nitrogens with one attached hydrogen (secondary N) is 1. The van der Waals surface area contributed by atoms with Crippen LogP contribution in [0.1, 0.15) is 16.8 Å². The lowest BCUT2D eigenvalue weighted by atomic mass is 10.2. The van der Waals surface area contributed by atoms with Crippen molar-refractivity contribution in [3.05, 3.63) is 106 Å². The number of nitrogens with zero attached hydrogens (tertiary/aromatic N) is 4. The molecule has 8 nitrogen and oxygen atoms in total. The van der Waals surface area contributed by atoms with Gasteiger partial charge in [-0.25, -0.2) is 18.5 Å². The molecule has 4 rings (SSSR count). The summed E-state index contributed by atoms with van der Waals surface area (Å²) in [6.45, 7) is 3.15. The van der Waals surface area contributed by atoms with Gasteiger partial charge in [0.25, 0.3) is 15.9 Å². The van der Waals surface area contributed by atoms with Gasteiger partial charge in [0.05, 0.1) is 33.7 Å². The van der Waals surface area contributed by atoms with E-state index >= 15 is 0 Å². The molecule has 0 aliphatic carbocycles. The van der Waals surface area contributed by atoms with E-state index in [-0.39, 0.29) is 15.7 Å². The van der Waals surface area contributed by atoms with E-state index in [1.807, 2.05) is 44.2 Å². The van der Waals surface area contributed by atoms with Crippen LogP contribution in [0.2, 0.25) is 10.2 Å². The summed E-state index contributed by atoms with van der Waals surface area (Å²) in [6.07, 6.45) is 1.38. The van der Waals surface area contributed by atoms with Gasteiger partial charge in [-0.15, -0.1) is 0 Å². The normalized spacial score (nSPS) is 11.6. The van der Waals surface area contributed by atoms with Crippen LogP contribution in [0, 0.1) is 13.8 Å². The molecule has 4 aromatic rings. The van der Waals surface area contributed by atoms with Crippen molar-refractivity contribution in [3.63, 3.8) is 0 Å². The molecule has 190 valence electrons. The Morgan fingerprint density at radius 3 is 2.41 bits per heavy atom. The number of hydrogen-bond donors (Lipinski definition) is 1. The van der Waals surface area contributed by atoms with E-state index in [9.17, 15) is 13.2 Å². The molecule has 0 spiro atoms. The third-order valence-corrected chi connectivity index (χ3v) is 7.80. The molecule has 0 aliphatic rings. The highest BCUT2D eigenvalue weighted by atomic mass is 35.5. The van der Waals surface area contributed by atoms with Gasteiger partial charge in [0.15, 0.2) is 5.15 Å². The fourth-order valence-corrected chi connectivity index (χ4v) is 5.42. The van der Waals surface area contributed by atoms with E-state index in [2.05, 4.69) is 15.6 Å². The number of aromatic nitrogens is 2. The number of halogens is 2. The van der Waals surface area contributed by atoms with E-state index in [1.54, 1.807) is 35.0 Å². The quantitative estimate of drug-likeness (QED) is 0.240. The summed E-state index contributed by atoms with van der Waals surface area (Å²) in [5.41, 5.74) is 5.59. The topological polar surface area (TPSA) is 96.7 Å². The van der Waals surface area contributed by atoms with Gasteiger partial charge in [-0.2, -0.15) is 10.2 Å². The van der Waals surface area contributed by atoms with Crippen LogP contribution in [-0.2, 0) is 14.8 Å². The van der Waals surface area contributed by atoms with E-state index in [1.165, 1.54) is 24.4 Å². The van der Waals surface area contributed by atoms with Gasteiger partial charge in [-0.05, 0) is 56.3 Å². The maximum atomic E-state index is 13.4. The third kappa shape index (κ3) is 6.02. The molecule has 0 fully saturated rings. The summed E-state index contributed by atoms with van der Waals surface area (Å²) >= 11 is 12.4. The first-order valence-electron chi connectivity index (χ1n) is 11.1. The number of carbonyl (C=O) groups is 1. The summed E-state index contributed by atoms with van der Waals surface area (Å²) in [7, 11) is -4.07. The van der Waals surface area contributed by atoms with Crippen molar-refractivity contribution in [2.45, 2.75) is 18.7 Å². The van der Waals surface area contributed by atoms with Crippen LogP contribution < -0.4 is 9.73 Å². The van der Waals surface area contributed by atoms with Crippen LogP contribution in [0.5, 0.6) is 0 Å². The molecule has 0 radical (unpaired) electrons. The van der Waals surface area contributed by atoms with Crippen LogP contribution in [0.4, 0.5) is 5.69 Å². The van der Waals surface area contributed by atoms with Crippen LogP contribution in [0.25, 0.3) is 5.69 Å². The summed E-state index contributed by atoms with van der Waals surface area (Å²) < 4.78 is 29.6. The second-order valence-corrected chi connectivity index (χ2v) is 10.8. The zero-order valence-corrected chi connectivity index (χ0v) is 22.3. The number of carbonyl (C=O) groups excluding carboxylic acids is 1. The molecule has 0 aliphatic heterocycles. The van der Waals surface area contributed by atoms with Crippen molar-refractivity contribution in [1.29, 1.82) is 0 Å². The average Bonchev–Trinajstić information content (AvgIpc) is 3.16. The van der Waals surface area contributed by atoms with Crippen molar-refractivity contribution in [2.75, 3.05) is 10.8 Å². The van der Waals surface area contributed by atoms with Gasteiger partial charge in [0.1, 0.15) is 6.54 Å². The monoisotopic (exact) mass is 555 g/mol. The molecular weight excluding hydrogens is 533 g/mol. The number of aryl methyl sites for hydroxylation is 1. The lowest BCUT2D eigenvalue weighted by Gasteiger charge is -2.24. The fourth-order valence-electron chi connectivity index (χ4n) is 3.57. The molecule has 1 heterocycles. The smallest absolute Gasteiger partial charge is 0.264 e. The zero-order chi connectivity index (χ0) is 26.6. The van der Waals surface area contributed by atoms with E-state index in [0.717, 1.165) is 21.2 Å². The van der Waals surface area contributed by atoms with Gasteiger partial charge >= 0.3 is 0 Å². The summed E-state index contributed by atoms with van der Waals surface area (Å²) in [5.74, 6) is -0.656. The standard InChI is InChI=1S/C26H23Cl2N5O3S/c1-18-11-13-23(14-12-18)37(35,36)32(22-10-6-7-20(27)15-22)17-25(34)30-29-16-24-19(2)33(31-26(24)28)21-8-4-3-5-9-21/h3-16H,17H2,1-2H3,(H,30,34)/b29-16-. The molecule has 0 saturated heterocycles. The van der Waals surface area contributed by atoms with Crippen molar-refractivity contribution in [3.8, 4) is 5.69 Å². The van der Waals surface area contributed by atoms with E-state index in [4.69, 9.17) is 23.2 Å². The molecule has 0 bridgehead atoms. The van der Waals surface area contributed by atoms with Crippen molar-refractivity contribution in [1.82, 2.24) is 15.2 Å². The number of sulfonamides is 1. The molecule has 11 heteroatoms. The van der Waals surface area contributed by atoms with Crippen molar-refractivity contribution in [2.24, 2.45) is 5.10 Å². The Morgan fingerprint density at radius 2 is 1.73 bits per heavy atom. The van der Waals surface area contributed by atoms with E-state index in [0.29, 0.717) is 10.6 Å². The maximum Gasteiger partial charge on any atom is 0.264 e. The average molecular weight is 556 g/mol. The first kappa shape index (κ1) is 26.4. The summed E-state index contributed by atoms with van der Waals surface area (Å²) in [4.78, 5) is 12.9. The highest BCUT2D eigenvalue weighted by Crippen LogP contribution is 2.26. The Hall–Kier alpha value is -3.66. The number of hydrogen-bond acceptors (Lipinski definition) is 5. The minimum Gasteiger partial charge on any atom is -0.271 e. The second kappa shape index (κ2) is 11.2. The maximum absolute atomic E-state index is 13.4. The van der Waals surface area contributed by atoms with Crippen LogP contribution >= 0.6 is 23.2 Å². The lowest BCUT2D eigenvalue weighted by molar-refractivity contribution is -0.119. The second-order valence-electron chi connectivity index (χ2n) is 8.14. The molecule has 3 aromatic carbocycles. The first-order chi connectivity index (χ1) is 17.7. The number of hydrazone groups is 1. The predicted octanol–water partition coefficient (Wildman–Crippen LogP) is 5.14. The summed E-state index contributed by atoms with van der Waals surface area (Å²) in [6, 6.07) is 22.1. The Morgan fingerprint density at radius 1 is 1.03 bits per heavy atom. The molecule has 1 N–H and O–H groups in total. The number of benzene rings is 3. The van der Waals surface area contributed by atoms with Gasteiger partial charge in [0, 0.05) is 5.02 Å². The Kier molecular flexibility index (Phi) is 7.97. The fraction of sp³-hybridized carbons (Fsp3) is 0.115. The number of para-hydroxylation sites is 1. The Balaban J connectivity index is 1.56. The van der Waals surface area contributed by atoms with Gasteiger partial charge < -0.3 is 0 Å². The molecule has 0 unspecified atom stereocenters. The van der Waals surface area contributed by atoms with Crippen LogP contribution in [-0.4, -0.2) is 36.9 Å². The van der Waals surface area contributed by atoms with Crippen molar-refractivity contribution >= 4 is 51.0 Å². The molecule has 0 saturated carbocycles. The molecule has 1 aromatic heterocycles. The highest BCUT2D eigenvalue weighted by molar-refractivity contribution is 7.92. The number of rotatable bonds is 8.